The number of benzene rings is 2. The Hall–Kier alpha value is -2.97. The van der Waals surface area contributed by atoms with Crippen LogP contribution >= 0.6 is 0 Å². The van der Waals surface area contributed by atoms with Gasteiger partial charge in [-0.15, -0.1) is 12.3 Å². The van der Waals surface area contributed by atoms with Crippen molar-refractivity contribution >= 4 is 27.5 Å². The number of methoxy groups -OCH3 is 2. The number of terminal acetylenes is 1. The van der Waals surface area contributed by atoms with Gasteiger partial charge in [0.15, 0.2) is 11.5 Å². The number of hydrogen-bond acceptors (Lipinski definition) is 5. The Labute approximate surface area is 172 Å². The minimum absolute atomic E-state index is 0.416. The van der Waals surface area contributed by atoms with Gasteiger partial charge in [0.1, 0.15) is 0 Å². The monoisotopic (exact) mass is 389 g/mol. The Morgan fingerprint density at radius 3 is 2.52 bits per heavy atom. The Morgan fingerprint density at radius 2 is 1.79 bits per heavy atom. The number of nitrogens with zero attached hydrogens (tertiary/aromatic N) is 2. The lowest BCUT2D eigenvalue weighted by atomic mass is 10.0. The molecule has 1 aliphatic rings. The van der Waals surface area contributed by atoms with Gasteiger partial charge in [-0.05, 0) is 25.0 Å². The first-order chi connectivity index (χ1) is 14.2. The van der Waals surface area contributed by atoms with Crippen LogP contribution < -0.4 is 14.8 Å². The van der Waals surface area contributed by atoms with Crippen molar-refractivity contribution in [2.75, 3.05) is 39.2 Å². The summed E-state index contributed by atoms with van der Waals surface area (Å²) in [5, 5.41) is 6.01. The SMILES string of the molecule is C#CCCN1CCC(Nc2c3ccccc3nc3cc(OC)c(OC)cc23)CC1. The van der Waals surface area contributed by atoms with Crippen LogP contribution in [0.25, 0.3) is 21.8 Å². The molecule has 0 amide bonds. The average Bonchev–Trinajstić information content (AvgIpc) is 2.77. The molecule has 2 aromatic carbocycles. The van der Waals surface area contributed by atoms with Crippen LogP contribution in [0.1, 0.15) is 19.3 Å². The number of rotatable bonds is 6. The number of hydrogen-bond donors (Lipinski definition) is 1. The smallest absolute Gasteiger partial charge is 0.162 e. The van der Waals surface area contributed by atoms with Gasteiger partial charge in [0.05, 0.1) is 30.9 Å². The van der Waals surface area contributed by atoms with Gasteiger partial charge in [0.25, 0.3) is 0 Å². The molecular formula is C24H27N3O2. The molecule has 0 unspecified atom stereocenters. The Balaban J connectivity index is 1.71. The van der Waals surface area contributed by atoms with Crippen LogP contribution in [0.3, 0.4) is 0 Å². The summed E-state index contributed by atoms with van der Waals surface area (Å²) in [7, 11) is 3.31. The maximum atomic E-state index is 5.55. The van der Waals surface area contributed by atoms with Gasteiger partial charge in [-0.1, -0.05) is 18.2 Å². The molecule has 1 saturated heterocycles. The lowest BCUT2D eigenvalue weighted by molar-refractivity contribution is 0.224. The fraction of sp³-hybridized carbons (Fsp3) is 0.375. The highest BCUT2D eigenvalue weighted by atomic mass is 16.5. The quantitative estimate of drug-likeness (QED) is 0.503. The third-order valence-electron chi connectivity index (χ3n) is 5.69. The Kier molecular flexibility index (Phi) is 5.73. The van der Waals surface area contributed by atoms with E-state index in [-0.39, 0.29) is 0 Å². The maximum Gasteiger partial charge on any atom is 0.162 e. The zero-order valence-electron chi connectivity index (χ0n) is 17.1. The number of piperidine rings is 1. The lowest BCUT2D eigenvalue weighted by Crippen LogP contribution is -2.39. The average molecular weight is 389 g/mol. The van der Waals surface area contributed by atoms with Crippen molar-refractivity contribution in [3.63, 3.8) is 0 Å². The van der Waals surface area contributed by atoms with Gasteiger partial charge in [-0.2, -0.15) is 0 Å². The number of nitrogens with one attached hydrogen (secondary N) is 1. The summed E-state index contributed by atoms with van der Waals surface area (Å²) in [5.41, 5.74) is 2.99. The molecule has 5 heteroatoms. The van der Waals surface area contributed by atoms with Crippen LogP contribution in [0.2, 0.25) is 0 Å². The van der Waals surface area contributed by atoms with Gasteiger partial charge in [0.2, 0.25) is 0 Å². The van der Waals surface area contributed by atoms with Crippen molar-refractivity contribution in [1.82, 2.24) is 9.88 Å². The molecule has 5 nitrogen and oxygen atoms in total. The predicted molar refractivity (Wildman–Crippen MR) is 119 cm³/mol. The van der Waals surface area contributed by atoms with E-state index in [2.05, 4.69) is 34.3 Å². The highest BCUT2D eigenvalue weighted by Crippen LogP contribution is 2.38. The van der Waals surface area contributed by atoms with Crippen LogP contribution in [0.15, 0.2) is 36.4 Å². The molecule has 0 atom stereocenters. The molecule has 4 rings (SSSR count). The minimum Gasteiger partial charge on any atom is -0.493 e. The first kappa shape index (κ1) is 19.4. The van der Waals surface area contributed by atoms with Crippen molar-refractivity contribution in [2.24, 2.45) is 0 Å². The molecule has 3 aromatic rings. The first-order valence-electron chi connectivity index (χ1n) is 10.1. The van der Waals surface area contributed by atoms with Crippen LogP contribution in [-0.4, -0.2) is 49.8 Å². The van der Waals surface area contributed by atoms with Gasteiger partial charge < -0.3 is 19.7 Å². The molecule has 150 valence electrons. The molecule has 0 bridgehead atoms. The number of para-hydroxylation sites is 1. The number of aromatic nitrogens is 1. The lowest BCUT2D eigenvalue weighted by Gasteiger charge is -2.33. The second kappa shape index (κ2) is 8.59. The second-order valence-electron chi connectivity index (χ2n) is 7.44. The van der Waals surface area contributed by atoms with E-state index in [4.69, 9.17) is 20.9 Å². The van der Waals surface area contributed by atoms with Crippen molar-refractivity contribution in [2.45, 2.75) is 25.3 Å². The molecule has 29 heavy (non-hydrogen) atoms. The first-order valence-corrected chi connectivity index (χ1v) is 10.1. The van der Waals surface area contributed by atoms with Crippen LogP contribution in [-0.2, 0) is 0 Å². The molecule has 0 radical (unpaired) electrons. The zero-order chi connectivity index (χ0) is 20.2. The summed E-state index contributed by atoms with van der Waals surface area (Å²) in [5.74, 6) is 4.14. The van der Waals surface area contributed by atoms with E-state index in [1.165, 1.54) is 0 Å². The Bertz CT molecular complexity index is 1050. The fourth-order valence-electron chi connectivity index (χ4n) is 4.10. The Morgan fingerprint density at radius 1 is 1.07 bits per heavy atom. The largest absolute Gasteiger partial charge is 0.493 e. The van der Waals surface area contributed by atoms with E-state index < -0.39 is 0 Å². The molecule has 2 heterocycles. The number of fused-ring (bicyclic) bond motifs is 2. The highest BCUT2D eigenvalue weighted by molar-refractivity contribution is 6.08. The maximum absolute atomic E-state index is 5.55. The topological polar surface area (TPSA) is 46.6 Å². The summed E-state index contributed by atoms with van der Waals surface area (Å²) in [4.78, 5) is 7.31. The van der Waals surface area contributed by atoms with Gasteiger partial charge in [0, 0.05) is 48.9 Å². The van der Waals surface area contributed by atoms with E-state index in [1.54, 1.807) is 14.2 Å². The van der Waals surface area contributed by atoms with Gasteiger partial charge in [-0.3, -0.25) is 0 Å². The summed E-state index contributed by atoms with van der Waals surface area (Å²) in [6.45, 7) is 3.12. The minimum atomic E-state index is 0.416. The number of pyridine rings is 1. The molecule has 1 fully saturated rings. The van der Waals surface area contributed by atoms with Gasteiger partial charge >= 0.3 is 0 Å². The summed E-state index contributed by atoms with van der Waals surface area (Å²) in [6, 6.07) is 12.7. The van der Waals surface area contributed by atoms with Crippen molar-refractivity contribution in [3.05, 3.63) is 36.4 Å². The van der Waals surface area contributed by atoms with Crippen LogP contribution in [0.4, 0.5) is 5.69 Å². The van der Waals surface area contributed by atoms with E-state index in [0.29, 0.717) is 17.5 Å². The van der Waals surface area contributed by atoms with E-state index in [9.17, 15) is 0 Å². The third-order valence-corrected chi connectivity index (χ3v) is 5.69. The van der Waals surface area contributed by atoms with Crippen LogP contribution in [0.5, 0.6) is 11.5 Å². The normalized spacial score (nSPS) is 15.3. The van der Waals surface area contributed by atoms with Gasteiger partial charge in [-0.25, -0.2) is 4.98 Å². The molecule has 0 saturated carbocycles. The molecule has 0 spiro atoms. The predicted octanol–water partition coefficient (Wildman–Crippen LogP) is 4.30. The molecule has 1 N–H and O–H groups in total. The number of ether oxygens (including phenoxy) is 2. The zero-order valence-corrected chi connectivity index (χ0v) is 17.1. The highest BCUT2D eigenvalue weighted by Gasteiger charge is 2.21. The molecule has 1 aromatic heterocycles. The van der Waals surface area contributed by atoms with Crippen molar-refractivity contribution in [3.8, 4) is 23.8 Å². The second-order valence-corrected chi connectivity index (χ2v) is 7.44. The number of anilines is 1. The standard InChI is InChI=1S/C24H27N3O2/c1-4-5-12-27-13-10-17(11-14-27)25-24-18-8-6-7-9-20(18)26-21-16-23(29-3)22(28-2)15-19(21)24/h1,6-9,15-17H,5,10-14H2,2-3H3,(H,25,26). The van der Waals surface area contributed by atoms with E-state index in [0.717, 1.165) is 66.4 Å². The molecule has 1 aliphatic heterocycles. The van der Waals surface area contributed by atoms with Crippen LogP contribution in [0, 0.1) is 12.3 Å². The third kappa shape index (κ3) is 3.94. The molecule has 0 aliphatic carbocycles. The summed E-state index contributed by atoms with van der Waals surface area (Å²) < 4.78 is 11.0. The summed E-state index contributed by atoms with van der Waals surface area (Å²) >= 11 is 0. The van der Waals surface area contributed by atoms with Crippen molar-refractivity contribution in [1.29, 1.82) is 0 Å². The summed E-state index contributed by atoms with van der Waals surface area (Å²) in [6.07, 6.45) is 8.42. The fourth-order valence-corrected chi connectivity index (χ4v) is 4.10. The van der Waals surface area contributed by atoms with E-state index >= 15 is 0 Å². The molecular weight excluding hydrogens is 362 g/mol. The van der Waals surface area contributed by atoms with E-state index in [1.807, 2.05) is 18.2 Å². The number of likely N-dealkylation sites (tertiary alicyclic amines) is 1. The van der Waals surface area contributed by atoms with Crippen molar-refractivity contribution < 1.29 is 9.47 Å².